The highest BCUT2D eigenvalue weighted by atomic mass is 16.4. The van der Waals surface area contributed by atoms with Crippen LogP contribution in [0, 0.1) is 6.92 Å². The third-order valence-electron chi connectivity index (χ3n) is 3.64. The Kier molecular flexibility index (Phi) is 5.46. The number of carboxylic acids is 1. The number of likely N-dealkylation sites (N-methyl/N-ethyl adjacent to an activating group) is 1. The number of benzene rings is 1. The van der Waals surface area contributed by atoms with Gasteiger partial charge in [0.25, 0.3) is 0 Å². The molecule has 7 heteroatoms. The molecular formula is C16H20N4O3. The van der Waals surface area contributed by atoms with Crippen molar-refractivity contribution in [2.24, 2.45) is 0 Å². The van der Waals surface area contributed by atoms with Crippen LogP contribution in [0.15, 0.2) is 30.3 Å². The molecule has 1 heterocycles. The largest absolute Gasteiger partial charge is 0.481 e. The van der Waals surface area contributed by atoms with Crippen LogP contribution in [0.5, 0.6) is 0 Å². The number of amides is 1. The first kappa shape index (κ1) is 16.7. The maximum absolute atomic E-state index is 12.3. The van der Waals surface area contributed by atoms with Gasteiger partial charge in [-0.1, -0.05) is 23.4 Å². The predicted octanol–water partition coefficient (Wildman–Crippen LogP) is 1.44. The van der Waals surface area contributed by atoms with Crippen LogP contribution in [0.1, 0.15) is 24.7 Å². The monoisotopic (exact) mass is 316 g/mol. The number of para-hydroxylation sites is 1. The zero-order valence-corrected chi connectivity index (χ0v) is 13.3. The van der Waals surface area contributed by atoms with Gasteiger partial charge < -0.3 is 10.0 Å². The molecule has 0 bridgehead atoms. The van der Waals surface area contributed by atoms with Gasteiger partial charge in [0.05, 0.1) is 29.9 Å². The molecule has 0 atom stereocenters. The van der Waals surface area contributed by atoms with Crippen LogP contribution >= 0.6 is 0 Å². The van der Waals surface area contributed by atoms with Gasteiger partial charge in [-0.25, -0.2) is 4.68 Å². The normalized spacial score (nSPS) is 10.5. The average molecular weight is 316 g/mol. The second-order valence-corrected chi connectivity index (χ2v) is 5.16. The van der Waals surface area contributed by atoms with E-state index in [4.69, 9.17) is 5.11 Å². The molecule has 0 saturated carbocycles. The Labute approximate surface area is 134 Å². The van der Waals surface area contributed by atoms with Crippen molar-refractivity contribution in [2.45, 2.75) is 26.7 Å². The van der Waals surface area contributed by atoms with Crippen molar-refractivity contribution in [1.82, 2.24) is 19.9 Å². The molecular weight excluding hydrogens is 296 g/mol. The van der Waals surface area contributed by atoms with E-state index in [0.29, 0.717) is 12.2 Å². The van der Waals surface area contributed by atoms with Gasteiger partial charge in [0.15, 0.2) is 0 Å². The molecule has 2 rings (SSSR count). The number of hydrogen-bond acceptors (Lipinski definition) is 4. The topological polar surface area (TPSA) is 88.3 Å². The molecule has 122 valence electrons. The first-order valence-corrected chi connectivity index (χ1v) is 7.49. The lowest BCUT2D eigenvalue weighted by atomic mass is 10.2. The smallest absolute Gasteiger partial charge is 0.305 e. The summed E-state index contributed by atoms with van der Waals surface area (Å²) in [5, 5.41) is 16.9. The van der Waals surface area contributed by atoms with Gasteiger partial charge in [-0.3, -0.25) is 9.59 Å². The number of nitrogens with zero attached hydrogens (tertiary/aromatic N) is 4. The second-order valence-electron chi connectivity index (χ2n) is 5.16. The zero-order valence-electron chi connectivity index (χ0n) is 13.3. The van der Waals surface area contributed by atoms with E-state index in [1.54, 1.807) is 4.68 Å². The molecule has 0 aliphatic rings. The lowest BCUT2D eigenvalue weighted by molar-refractivity contribution is -0.138. The van der Waals surface area contributed by atoms with E-state index in [0.717, 1.165) is 11.4 Å². The van der Waals surface area contributed by atoms with Gasteiger partial charge in [-0.2, -0.15) is 0 Å². The predicted molar refractivity (Wildman–Crippen MR) is 84.3 cm³/mol. The van der Waals surface area contributed by atoms with Crippen molar-refractivity contribution in [3.8, 4) is 5.69 Å². The number of hydrogen-bond donors (Lipinski definition) is 1. The highest BCUT2D eigenvalue weighted by Gasteiger charge is 2.18. The molecule has 0 saturated heterocycles. The summed E-state index contributed by atoms with van der Waals surface area (Å²) in [5.74, 6) is -1.06. The summed E-state index contributed by atoms with van der Waals surface area (Å²) >= 11 is 0. The molecule has 23 heavy (non-hydrogen) atoms. The number of aromatic nitrogens is 3. The highest BCUT2D eigenvalue weighted by Crippen LogP contribution is 2.13. The minimum Gasteiger partial charge on any atom is -0.481 e. The van der Waals surface area contributed by atoms with Gasteiger partial charge in [-0.15, -0.1) is 5.10 Å². The van der Waals surface area contributed by atoms with Crippen LogP contribution in [-0.2, 0) is 16.0 Å². The maximum atomic E-state index is 12.3. The summed E-state index contributed by atoms with van der Waals surface area (Å²) in [6.07, 6.45) is 0.0569. The molecule has 0 aliphatic heterocycles. The minimum absolute atomic E-state index is 0.0603. The van der Waals surface area contributed by atoms with Crippen LogP contribution in [0.3, 0.4) is 0 Å². The van der Waals surface area contributed by atoms with E-state index >= 15 is 0 Å². The van der Waals surface area contributed by atoms with E-state index in [9.17, 15) is 9.59 Å². The summed E-state index contributed by atoms with van der Waals surface area (Å²) in [7, 11) is 0. The third-order valence-corrected chi connectivity index (χ3v) is 3.64. The summed E-state index contributed by atoms with van der Waals surface area (Å²) in [4.78, 5) is 24.5. The fourth-order valence-electron chi connectivity index (χ4n) is 2.28. The van der Waals surface area contributed by atoms with Crippen molar-refractivity contribution in [3.63, 3.8) is 0 Å². The summed E-state index contributed by atoms with van der Waals surface area (Å²) in [5.41, 5.74) is 2.29. The summed E-state index contributed by atoms with van der Waals surface area (Å²) in [6, 6.07) is 9.57. The number of rotatable bonds is 7. The molecule has 0 radical (unpaired) electrons. The lowest BCUT2D eigenvalue weighted by Gasteiger charge is -2.19. The molecule has 1 N–H and O–H groups in total. The standard InChI is InChI=1S/C16H20N4O3/c1-3-19(10-9-16(22)23)15(21)11-14-12(2)20(18-17-14)13-7-5-4-6-8-13/h4-8H,3,9-11H2,1-2H3,(H,22,23). The molecule has 0 unspecified atom stereocenters. The van der Waals surface area contributed by atoms with Crippen molar-refractivity contribution in [1.29, 1.82) is 0 Å². The zero-order chi connectivity index (χ0) is 16.8. The van der Waals surface area contributed by atoms with E-state index < -0.39 is 5.97 Å². The van der Waals surface area contributed by atoms with Crippen molar-refractivity contribution >= 4 is 11.9 Å². The molecule has 0 fully saturated rings. The van der Waals surface area contributed by atoms with Crippen LogP contribution in [0.4, 0.5) is 0 Å². The van der Waals surface area contributed by atoms with Crippen LogP contribution in [0.25, 0.3) is 5.69 Å². The van der Waals surface area contributed by atoms with Gasteiger partial charge in [0.2, 0.25) is 5.91 Å². The highest BCUT2D eigenvalue weighted by molar-refractivity contribution is 5.79. The Morgan fingerprint density at radius 1 is 1.26 bits per heavy atom. The second kappa shape index (κ2) is 7.53. The summed E-state index contributed by atoms with van der Waals surface area (Å²) < 4.78 is 1.69. The SMILES string of the molecule is CCN(CCC(=O)O)C(=O)Cc1nnn(-c2ccccc2)c1C. The van der Waals surface area contributed by atoms with Gasteiger partial charge in [-0.05, 0) is 26.0 Å². The Hall–Kier alpha value is -2.70. The van der Waals surface area contributed by atoms with Crippen molar-refractivity contribution in [2.75, 3.05) is 13.1 Å². The lowest BCUT2D eigenvalue weighted by Crippen LogP contribution is -2.34. The number of carbonyl (C=O) groups excluding carboxylic acids is 1. The summed E-state index contributed by atoms with van der Waals surface area (Å²) in [6.45, 7) is 4.37. The quantitative estimate of drug-likeness (QED) is 0.835. The fraction of sp³-hybridized carbons (Fsp3) is 0.375. The van der Waals surface area contributed by atoms with E-state index in [-0.39, 0.29) is 25.3 Å². The minimum atomic E-state index is -0.914. The number of carbonyl (C=O) groups is 2. The Morgan fingerprint density at radius 3 is 2.57 bits per heavy atom. The van der Waals surface area contributed by atoms with Gasteiger partial charge >= 0.3 is 5.97 Å². The fourth-order valence-corrected chi connectivity index (χ4v) is 2.28. The number of carboxylic acid groups (broad SMARTS) is 1. The van der Waals surface area contributed by atoms with Gasteiger partial charge in [0.1, 0.15) is 0 Å². The van der Waals surface area contributed by atoms with Crippen molar-refractivity contribution < 1.29 is 14.7 Å². The van der Waals surface area contributed by atoms with E-state index in [2.05, 4.69) is 10.3 Å². The maximum Gasteiger partial charge on any atom is 0.305 e. The molecule has 0 aliphatic carbocycles. The molecule has 1 aromatic carbocycles. The van der Waals surface area contributed by atoms with Crippen LogP contribution in [-0.4, -0.2) is 50.0 Å². The van der Waals surface area contributed by atoms with E-state index in [1.165, 1.54) is 4.90 Å². The molecule has 2 aromatic rings. The first-order valence-electron chi connectivity index (χ1n) is 7.49. The van der Waals surface area contributed by atoms with Crippen LogP contribution in [0.2, 0.25) is 0 Å². The average Bonchev–Trinajstić information content (AvgIpc) is 2.89. The number of aliphatic carboxylic acids is 1. The Bertz CT molecular complexity index is 682. The van der Waals surface area contributed by atoms with Gasteiger partial charge in [0, 0.05) is 13.1 Å². The molecule has 1 amide bonds. The Morgan fingerprint density at radius 2 is 1.96 bits per heavy atom. The molecule has 1 aromatic heterocycles. The molecule has 7 nitrogen and oxygen atoms in total. The Balaban J connectivity index is 2.10. The van der Waals surface area contributed by atoms with Crippen LogP contribution < -0.4 is 0 Å². The molecule has 0 spiro atoms. The third kappa shape index (κ3) is 4.15. The van der Waals surface area contributed by atoms with Crippen molar-refractivity contribution in [3.05, 3.63) is 41.7 Å². The first-order chi connectivity index (χ1) is 11.0. The van der Waals surface area contributed by atoms with E-state index in [1.807, 2.05) is 44.2 Å².